The quantitative estimate of drug-likeness (QED) is 0.579. The molecule has 1 fully saturated rings. The van der Waals surface area contributed by atoms with Gasteiger partial charge in [0.25, 0.3) is 5.91 Å². The molecule has 3 aromatic rings. The lowest BCUT2D eigenvalue weighted by atomic mass is 10.0. The van der Waals surface area contributed by atoms with E-state index in [1.807, 2.05) is 43.0 Å². The molecular weight excluding hydrogens is 418 g/mol. The number of rotatable bonds is 4. The molecule has 1 aliphatic rings. The molecule has 8 nitrogen and oxygen atoms in total. The Morgan fingerprint density at radius 2 is 1.84 bits per heavy atom. The van der Waals surface area contributed by atoms with E-state index in [1.54, 1.807) is 21.7 Å². The largest absolute Gasteiger partial charge is 0.468 e. The lowest BCUT2D eigenvalue weighted by molar-refractivity contribution is -0.148. The van der Waals surface area contributed by atoms with Gasteiger partial charge in [-0.25, -0.2) is 14.3 Å². The molecule has 0 spiro atoms. The summed E-state index contributed by atoms with van der Waals surface area (Å²) in [6.07, 6.45) is 1.57. The molecule has 3 heterocycles. The summed E-state index contributed by atoms with van der Waals surface area (Å²) in [6, 6.07) is 8.57. The number of ether oxygens (including phenoxy) is 1. The van der Waals surface area contributed by atoms with Crippen LogP contribution >= 0.6 is 11.6 Å². The molecule has 0 N–H and O–H groups in total. The van der Waals surface area contributed by atoms with Gasteiger partial charge in [-0.3, -0.25) is 9.69 Å². The van der Waals surface area contributed by atoms with E-state index in [-0.39, 0.29) is 11.9 Å². The smallest absolute Gasteiger partial charge is 0.327 e. The van der Waals surface area contributed by atoms with Gasteiger partial charge < -0.3 is 9.64 Å². The third-order valence-electron chi connectivity index (χ3n) is 5.60. The molecule has 162 valence electrons. The van der Waals surface area contributed by atoms with Crippen LogP contribution in [0.15, 0.2) is 36.5 Å². The van der Waals surface area contributed by atoms with Gasteiger partial charge in [0.05, 0.1) is 13.3 Å². The van der Waals surface area contributed by atoms with Crippen LogP contribution < -0.4 is 0 Å². The van der Waals surface area contributed by atoms with Crippen molar-refractivity contribution in [2.45, 2.75) is 19.9 Å². The Labute approximate surface area is 185 Å². The number of piperazine rings is 1. The number of amides is 1. The van der Waals surface area contributed by atoms with Crippen molar-refractivity contribution in [3.05, 3.63) is 64.1 Å². The van der Waals surface area contributed by atoms with E-state index in [1.165, 1.54) is 7.11 Å². The van der Waals surface area contributed by atoms with Gasteiger partial charge in [0.15, 0.2) is 5.65 Å². The molecule has 0 saturated carbocycles. The Balaban J connectivity index is 1.53. The van der Waals surface area contributed by atoms with Crippen LogP contribution in [-0.2, 0) is 9.53 Å². The average molecular weight is 442 g/mol. The molecule has 1 aromatic carbocycles. The van der Waals surface area contributed by atoms with E-state index in [2.05, 4.69) is 10.1 Å². The maximum absolute atomic E-state index is 13.2. The highest BCUT2D eigenvalue weighted by Crippen LogP contribution is 2.29. The van der Waals surface area contributed by atoms with Crippen molar-refractivity contribution >= 4 is 29.1 Å². The number of halogens is 1. The number of benzene rings is 1. The fourth-order valence-electron chi connectivity index (χ4n) is 4.06. The highest BCUT2D eigenvalue weighted by Gasteiger charge is 2.34. The fourth-order valence-corrected chi connectivity index (χ4v) is 4.30. The van der Waals surface area contributed by atoms with E-state index in [0.717, 1.165) is 11.4 Å². The van der Waals surface area contributed by atoms with E-state index in [4.69, 9.17) is 16.3 Å². The van der Waals surface area contributed by atoms with Gasteiger partial charge >= 0.3 is 5.97 Å². The van der Waals surface area contributed by atoms with Crippen molar-refractivity contribution in [3.8, 4) is 0 Å². The number of fused-ring (bicyclic) bond motifs is 1. The highest BCUT2D eigenvalue weighted by atomic mass is 35.5. The lowest BCUT2D eigenvalue weighted by Gasteiger charge is -2.38. The first kappa shape index (κ1) is 21.3. The van der Waals surface area contributed by atoms with Crippen LogP contribution in [0.5, 0.6) is 0 Å². The Morgan fingerprint density at radius 3 is 2.52 bits per heavy atom. The van der Waals surface area contributed by atoms with Crippen molar-refractivity contribution in [2.75, 3.05) is 33.3 Å². The normalized spacial score (nSPS) is 15.8. The van der Waals surface area contributed by atoms with Crippen LogP contribution in [0.2, 0.25) is 5.02 Å². The van der Waals surface area contributed by atoms with Crippen LogP contribution in [-0.4, -0.2) is 69.6 Å². The second kappa shape index (κ2) is 8.64. The predicted molar refractivity (Wildman–Crippen MR) is 116 cm³/mol. The number of methoxy groups -OCH3 is 1. The van der Waals surface area contributed by atoms with Gasteiger partial charge in [-0.1, -0.05) is 29.8 Å². The Hall–Kier alpha value is -2.97. The first-order chi connectivity index (χ1) is 14.9. The number of esters is 1. The van der Waals surface area contributed by atoms with Crippen LogP contribution in [0.3, 0.4) is 0 Å². The molecule has 0 bridgehead atoms. The van der Waals surface area contributed by atoms with Crippen LogP contribution in [0.25, 0.3) is 5.65 Å². The molecule has 1 saturated heterocycles. The van der Waals surface area contributed by atoms with Crippen molar-refractivity contribution in [3.63, 3.8) is 0 Å². The molecule has 1 amide bonds. The summed E-state index contributed by atoms with van der Waals surface area (Å²) >= 11 is 6.35. The van der Waals surface area contributed by atoms with Gasteiger partial charge in [-0.15, -0.1) is 0 Å². The molecule has 31 heavy (non-hydrogen) atoms. The van der Waals surface area contributed by atoms with E-state index in [9.17, 15) is 9.59 Å². The summed E-state index contributed by atoms with van der Waals surface area (Å²) in [5.74, 6) is -0.481. The number of carbonyl (C=O) groups is 2. The summed E-state index contributed by atoms with van der Waals surface area (Å²) in [6.45, 7) is 5.80. The molecule has 4 rings (SSSR count). The Kier molecular flexibility index (Phi) is 5.93. The molecule has 1 unspecified atom stereocenters. The lowest BCUT2D eigenvalue weighted by Crippen LogP contribution is -2.51. The third-order valence-corrected chi connectivity index (χ3v) is 5.94. The number of aromatic nitrogens is 3. The van der Waals surface area contributed by atoms with Gasteiger partial charge in [0.1, 0.15) is 11.6 Å². The standard InChI is InChI=1S/C22H24ClN5O3/c1-14-12-15(2)28-20(25-14)17(13-24-28)21(29)27-10-8-26(9-11-27)19(22(30)31-3)16-6-4-5-7-18(16)23/h4-7,12-13,19H,8-11H2,1-3H3. The van der Waals surface area contributed by atoms with Gasteiger partial charge in [-0.05, 0) is 31.5 Å². The van der Waals surface area contributed by atoms with Crippen molar-refractivity contribution in [2.24, 2.45) is 0 Å². The number of hydrogen-bond acceptors (Lipinski definition) is 6. The number of carbonyl (C=O) groups excluding carboxylic acids is 2. The van der Waals surface area contributed by atoms with Gasteiger partial charge in [-0.2, -0.15) is 5.10 Å². The second-order valence-electron chi connectivity index (χ2n) is 7.61. The summed E-state index contributed by atoms with van der Waals surface area (Å²) in [4.78, 5) is 34.0. The molecule has 1 aliphatic heterocycles. The monoisotopic (exact) mass is 441 g/mol. The molecule has 1 atom stereocenters. The van der Waals surface area contributed by atoms with Crippen LogP contribution in [0.1, 0.15) is 33.4 Å². The van der Waals surface area contributed by atoms with E-state index >= 15 is 0 Å². The summed E-state index contributed by atoms with van der Waals surface area (Å²) < 4.78 is 6.72. The van der Waals surface area contributed by atoms with Crippen LogP contribution in [0.4, 0.5) is 0 Å². The number of hydrogen-bond donors (Lipinski definition) is 0. The van der Waals surface area contributed by atoms with E-state index < -0.39 is 6.04 Å². The average Bonchev–Trinajstić information content (AvgIpc) is 3.19. The third kappa shape index (κ3) is 4.00. The Bertz CT molecular complexity index is 1140. The van der Waals surface area contributed by atoms with Crippen molar-refractivity contribution < 1.29 is 14.3 Å². The number of nitrogens with zero attached hydrogens (tertiary/aromatic N) is 5. The minimum absolute atomic E-state index is 0.112. The summed E-state index contributed by atoms with van der Waals surface area (Å²) in [7, 11) is 1.37. The Morgan fingerprint density at radius 1 is 1.13 bits per heavy atom. The molecule has 2 aromatic heterocycles. The number of aryl methyl sites for hydroxylation is 2. The minimum Gasteiger partial charge on any atom is -0.468 e. The second-order valence-corrected chi connectivity index (χ2v) is 8.02. The van der Waals surface area contributed by atoms with Crippen LogP contribution in [0, 0.1) is 13.8 Å². The SMILES string of the molecule is COC(=O)C(c1ccccc1Cl)N1CCN(C(=O)c2cnn3c(C)cc(C)nc23)CC1. The zero-order valence-corrected chi connectivity index (χ0v) is 18.5. The zero-order chi connectivity index (χ0) is 22.1. The van der Waals surface area contributed by atoms with Gasteiger partial charge in [0.2, 0.25) is 0 Å². The topological polar surface area (TPSA) is 80.0 Å². The summed E-state index contributed by atoms with van der Waals surface area (Å²) in [5, 5.41) is 4.84. The molecule has 0 radical (unpaired) electrons. The first-order valence-corrected chi connectivity index (χ1v) is 10.5. The highest BCUT2D eigenvalue weighted by molar-refractivity contribution is 6.31. The molecule has 0 aliphatic carbocycles. The fraction of sp³-hybridized carbons (Fsp3) is 0.364. The first-order valence-electron chi connectivity index (χ1n) is 10.1. The van der Waals surface area contributed by atoms with Crippen molar-refractivity contribution in [1.29, 1.82) is 0 Å². The predicted octanol–water partition coefficient (Wildman–Crippen LogP) is 2.67. The van der Waals surface area contributed by atoms with E-state index in [0.29, 0.717) is 48.0 Å². The maximum atomic E-state index is 13.2. The summed E-state index contributed by atoms with van der Waals surface area (Å²) in [5.41, 5.74) is 3.51. The minimum atomic E-state index is -0.611. The molecule has 9 heteroatoms. The van der Waals surface area contributed by atoms with Crippen molar-refractivity contribution in [1.82, 2.24) is 24.4 Å². The zero-order valence-electron chi connectivity index (χ0n) is 17.7. The maximum Gasteiger partial charge on any atom is 0.327 e. The molecular formula is C22H24ClN5O3. The van der Waals surface area contributed by atoms with Gasteiger partial charge in [0, 0.05) is 42.6 Å².